The lowest BCUT2D eigenvalue weighted by molar-refractivity contribution is -0.189. The maximum absolute atomic E-state index is 12.5. The molecule has 18 heavy (non-hydrogen) atoms. The van der Waals surface area contributed by atoms with Crippen LogP contribution in [-0.2, 0) is 9.53 Å². The van der Waals surface area contributed by atoms with Crippen molar-refractivity contribution in [2.75, 3.05) is 13.1 Å². The lowest BCUT2D eigenvalue weighted by Gasteiger charge is -2.48. The molecule has 0 aromatic carbocycles. The molecule has 0 radical (unpaired) electrons. The normalized spacial score (nSPS) is 24.8. The summed E-state index contributed by atoms with van der Waals surface area (Å²) in [5.74, 6) is 0.0203. The lowest BCUT2D eigenvalue weighted by atomic mass is 9.85. The van der Waals surface area contributed by atoms with Gasteiger partial charge in [-0.2, -0.15) is 0 Å². The van der Waals surface area contributed by atoms with Gasteiger partial charge in [-0.3, -0.25) is 4.79 Å². The fraction of sp³-hybridized carbons (Fsp3) is 0.929. The number of nitrogens with zero attached hydrogens (tertiary/aromatic N) is 1. The minimum absolute atomic E-state index is 0.0203. The summed E-state index contributed by atoms with van der Waals surface area (Å²) in [6, 6.07) is -0.470. The van der Waals surface area contributed by atoms with E-state index in [-0.39, 0.29) is 22.5 Å². The second-order valence-corrected chi connectivity index (χ2v) is 7.66. The zero-order chi connectivity index (χ0) is 14.4. The third kappa shape index (κ3) is 3.69. The first-order chi connectivity index (χ1) is 7.84. The largest absolute Gasteiger partial charge is 0.366 e. The van der Waals surface area contributed by atoms with Gasteiger partial charge in [0.05, 0.1) is 17.2 Å². The molecule has 0 saturated carbocycles. The minimum Gasteiger partial charge on any atom is -0.366 e. The molecule has 1 saturated heterocycles. The van der Waals surface area contributed by atoms with Crippen LogP contribution in [0.25, 0.3) is 0 Å². The summed E-state index contributed by atoms with van der Waals surface area (Å²) >= 11 is 0. The Kier molecular flexibility index (Phi) is 3.86. The number of ether oxygens (including phenoxy) is 1. The highest BCUT2D eigenvalue weighted by molar-refractivity contribution is 5.82. The molecule has 1 aliphatic rings. The average molecular weight is 256 g/mol. The summed E-state index contributed by atoms with van der Waals surface area (Å²) in [4.78, 5) is 14.3. The monoisotopic (exact) mass is 256 g/mol. The number of carbonyl (C=O) groups is 1. The predicted molar refractivity (Wildman–Crippen MR) is 73.3 cm³/mol. The molecule has 0 bridgehead atoms. The number of carbonyl (C=O) groups excluding carboxylic acids is 1. The van der Waals surface area contributed by atoms with Gasteiger partial charge in [0.25, 0.3) is 0 Å². The molecule has 1 amide bonds. The Bertz CT molecular complexity index is 313. The van der Waals surface area contributed by atoms with Crippen LogP contribution in [0.2, 0.25) is 0 Å². The average Bonchev–Trinajstić information content (AvgIpc) is 2.08. The first kappa shape index (κ1) is 15.4. The summed E-state index contributed by atoms with van der Waals surface area (Å²) in [5, 5.41) is 0. The van der Waals surface area contributed by atoms with Crippen LogP contribution in [-0.4, -0.2) is 41.1 Å². The summed E-state index contributed by atoms with van der Waals surface area (Å²) in [5.41, 5.74) is 5.20. The molecular weight excluding hydrogens is 228 g/mol. The van der Waals surface area contributed by atoms with Gasteiger partial charge in [-0.25, -0.2) is 0 Å². The summed E-state index contributed by atoms with van der Waals surface area (Å²) in [6.45, 7) is 15.2. The Balaban J connectivity index is 2.87. The van der Waals surface area contributed by atoms with Crippen molar-refractivity contribution in [1.82, 2.24) is 4.90 Å². The quantitative estimate of drug-likeness (QED) is 0.778. The van der Waals surface area contributed by atoms with E-state index in [0.29, 0.717) is 13.1 Å². The van der Waals surface area contributed by atoms with Crippen LogP contribution in [0.15, 0.2) is 0 Å². The molecule has 4 heteroatoms. The molecule has 4 nitrogen and oxygen atoms in total. The molecule has 0 aliphatic carbocycles. The highest BCUT2D eigenvalue weighted by Crippen LogP contribution is 2.29. The zero-order valence-electron chi connectivity index (χ0n) is 12.8. The van der Waals surface area contributed by atoms with Gasteiger partial charge in [-0.1, -0.05) is 20.8 Å². The standard InChI is InChI=1S/C14H28N2O2/c1-12(2,3)10(15)11(17)16-8-13(4,5)18-14(6,7)9-16/h10H,8-9,15H2,1-7H3/t10-/m0/s1. The van der Waals surface area contributed by atoms with Crippen LogP contribution in [0.4, 0.5) is 0 Å². The Labute approximate surface area is 111 Å². The van der Waals surface area contributed by atoms with E-state index in [9.17, 15) is 4.79 Å². The van der Waals surface area contributed by atoms with Crippen molar-refractivity contribution in [3.63, 3.8) is 0 Å². The van der Waals surface area contributed by atoms with Crippen molar-refractivity contribution in [2.45, 2.75) is 65.7 Å². The van der Waals surface area contributed by atoms with Gasteiger partial charge in [0.15, 0.2) is 0 Å². The fourth-order valence-electron chi connectivity index (χ4n) is 2.51. The fourth-order valence-corrected chi connectivity index (χ4v) is 2.51. The van der Waals surface area contributed by atoms with Crippen molar-refractivity contribution < 1.29 is 9.53 Å². The molecule has 1 aliphatic heterocycles. The van der Waals surface area contributed by atoms with Gasteiger partial charge in [0.1, 0.15) is 0 Å². The highest BCUT2D eigenvalue weighted by atomic mass is 16.5. The van der Waals surface area contributed by atoms with E-state index in [1.165, 1.54) is 0 Å². The first-order valence-electron chi connectivity index (χ1n) is 6.59. The molecule has 1 rings (SSSR count). The molecule has 1 fully saturated rings. The Morgan fingerprint density at radius 1 is 1.17 bits per heavy atom. The van der Waals surface area contributed by atoms with Crippen molar-refractivity contribution in [3.05, 3.63) is 0 Å². The SMILES string of the molecule is CC1(C)CN(C(=O)[C@H](N)C(C)(C)C)CC(C)(C)O1. The molecule has 1 atom stereocenters. The van der Waals surface area contributed by atoms with Crippen molar-refractivity contribution in [3.8, 4) is 0 Å². The molecule has 1 heterocycles. The van der Waals surface area contributed by atoms with E-state index in [1.54, 1.807) is 0 Å². The third-order valence-corrected chi connectivity index (χ3v) is 3.21. The Morgan fingerprint density at radius 3 is 1.89 bits per heavy atom. The summed E-state index contributed by atoms with van der Waals surface area (Å²) in [7, 11) is 0. The van der Waals surface area contributed by atoms with Crippen LogP contribution < -0.4 is 5.73 Å². The number of amides is 1. The van der Waals surface area contributed by atoms with E-state index in [2.05, 4.69) is 0 Å². The van der Waals surface area contributed by atoms with E-state index >= 15 is 0 Å². The number of hydrogen-bond donors (Lipinski definition) is 1. The maximum atomic E-state index is 12.5. The molecule has 0 unspecified atom stereocenters. The van der Waals surface area contributed by atoms with Crippen LogP contribution in [0, 0.1) is 5.41 Å². The maximum Gasteiger partial charge on any atom is 0.240 e. The van der Waals surface area contributed by atoms with E-state index in [4.69, 9.17) is 10.5 Å². The van der Waals surface area contributed by atoms with Gasteiger partial charge in [0, 0.05) is 13.1 Å². The Morgan fingerprint density at radius 2 is 1.56 bits per heavy atom. The van der Waals surface area contributed by atoms with Gasteiger partial charge in [-0.15, -0.1) is 0 Å². The molecule has 0 aromatic heterocycles. The Hall–Kier alpha value is -0.610. The van der Waals surface area contributed by atoms with Crippen LogP contribution in [0.1, 0.15) is 48.5 Å². The van der Waals surface area contributed by atoms with E-state index < -0.39 is 6.04 Å². The predicted octanol–water partition coefficient (Wildman–Crippen LogP) is 1.78. The van der Waals surface area contributed by atoms with Crippen molar-refractivity contribution in [1.29, 1.82) is 0 Å². The molecule has 0 aromatic rings. The molecular formula is C14H28N2O2. The van der Waals surface area contributed by atoms with E-state index in [0.717, 1.165) is 0 Å². The van der Waals surface area contributed by atoms with Gasteiger partial charge >= 0.3 is 0 Å². The molecule has 106 valence electrons. The van der Waals surface area contributed by atoms with Crippen LogP contribution in [0.3, 0.4) is 0 Å². The number of morpholine rings is 1. The van der Waals surface area contributed by atoms with Crippen LogP contribution >= 0.6 is 0 Å². The molecule has 2 N–H and O–H groups in total. The number of rotatable bonds is 1. The second-order valence-electron chi connectivity index (χ2n) is 7.66. The topological polar surface area (TPSA) is 55.6 Å². The number of hydrogen-bond acceptors (Lipinski definition) is 3. The summed E-state index contributed by atoms with van der Waals surface area (Å²) < 4.78 is 5.97. The lowest BCUT2D eigenvalue weighted by Crippen LogP contribution is -2.62. The van der Waals surface area contributed by atoms with Gasteiger partial charge in [0.2, 0.25) is 5.91 Å². The zero-order valence-corrected chi connectivity index (χ0v) is 12.8. The minimum atomic E-state index is -0.470. The number of nitrogens with two attached hydrogens (primary N) is 1. The highest BCUT2D eigenvalue weighted by Gasteiger charge is 2.42. The smallest absolute Gasteiger partial charge is 0.240 e. The summed E-state index contributed by atoms with van der Waals surface area (Å²) in [6.07, 6.45) is 0. The van der Waals surface area contributed by atoms with Gasteiger partial charge in [-0.05, 0) is 33.1 Å². The first-order valence-corrected chi connectivity index (χ1v) is 6.59. The molecule has 0 spiro atoms. The van der Waals surface area contributed by atoms with Crippen LogP contribution in [0.5, 0.6) is 0 Å². The van der Waals surface area contributed by atoms with Crippen molar-refractivity contribution >= 4 is 5.91 Å². The van der Waals surface area contributed by atoms with Gasteiger partial charge < -0.3 is 15.4 Å². The third-order valence-electron chi connectivity index (χ3n) is 3.21. The van der Waals surface area contributed by atoms with Crippen molar-refractivity contribution in [2.24, 2.45) is 11.1 Å². The van der Waals surface area contributed by atoms with E-state index in [1.807, 2.05) is 53.4 Å². The second kappa shape index (κ2) is 4.49.